The number of benzene rings is 2. The molecule has 2 atom stereocenters. The summed E-state index contributed by atoms with van der Waals surface area (Å²) in [4.78, 5) is 0. The zero-order valence-corrected chi connectivity index (χ0v) is 14.5. The summed E-state index contributed by atoms with van der Waals surface area (Å²) in [6.07, 6.45) is 9.33. The van der Waals surface area contributed by atoms with Crippen molar-refractivity contribution in [2.45, 2.75) is 57.3 Å². The van der Waals surface area contributed by atoms with Crippen LogP contribution in [0.15, 0.2) is 30.8 Å². The average Bonchev–Trinajstić information content (AvgIpc) is 2.94. The van der Waals surface area contributed by atoms with Gasteiger partial charge in [0, 0.05) is 0 Å². The molecule has 4 aliphatic carbocycles. The third-order valence-electron chi connectivity index (χ3n) is 7.57. The molecule has 0 saturated heterocycles. The second-order valence-corrected chi connectivity index (χ2v) is 8.59. The van der Waals surface area contributed by atoms with Crippen molar-refractivity contribution in [3.8, 4) is 11.1 Å². The molecule has 120 valence electrons. The Balaban J connectivity index is 1.70. The van der Waals surface area contributed by atoms with Gasteiger partial charge in [0.05, 0.1) is 0 Å². The highest BCUT2D eigenvalue weighted by molar-refractivity contribution is 5.92. The first-order valence-corrected chi connectivity index (χ1v) is 9.66. The molecule has 2 fully saturated rings. The van der Waals surface area contributed by atoms with Crippen molar-refractivity contribution in [2.75, 3.05) is 0 Å². The third kappa shape index (κ3) is 1.42. The van der Waals surface area contributed by atoms with Crippen LogP contribution in [0.1, 0.15) is 65.5 Å². The zero-order valence-electron chi connectivity index (χ0n) is 14.5. The van der Waals surface area contributed by atoms with E-state index >= 15 is 0 Å². The summed E-state index contributed by atoms with van der Waals surface area (Å²) in [5, 5.41) is 0. The molecule has 0 bridgehead atoms. The number of fused-ring (bicyclic) bond motifs is 6. The molecule has 0 spiro atoms. The monoisotopic (exact) mass is 312 g/mol. The molecule has 0 heterocycles. The Morgan fingerprint density at radius 2 is 1.96 bits per heavy atom. The van der Waals surface area contributed by atoms with E-state index in [-0.39, 0.29) is 0 Å². The van der Waals surface area contributed by atoms with E-state index in [1.54, 1.807) is 33.4 Å². The molecule has 0 radical (unpaired) electrons. The van der Waals surface area contributed by atoms with Gasteiger partial charge in [-0.15, -0.1) is 0 Å². The Labute approximate surface area is 144 Å². The molecule has 0 aromatic heterocycles. The predicted octanol–water partition coefficient (Wildman–Crippen LogP) is 5.97. The van der Waals surface area contributed by atoms with Crippen molar-refractivity contribution < 1.29 is 0 Å². The first kappa shape index (κ1) is 13.5. The maximum atomic E-state index is 4.48. The van der Waals surface area contributed by atoms with Crippen LogP contribution in [0.5, 0.6) is 0 Å². The van der Waals surface area contributed by atoms with Gasteiger partial charge < -0.3 is 0 Å². The van der Waals surface area contributed by atoms with E-state index in [1.165, 1.54) is 55.2 Å². The van der Waals surface area contributed by atoms with Crippen LogP contribution >= 0.6 is 0 Å². The first-order chi connectivity index (χ1) is 11.7. The first-order valence-electron chi connectivity index (χ1n) is 9.66. The van der Waals surface area contributed by atoms with Gasteiger partial charge in [0.2, 0.25) is 0 Å². The van der Waals surface area contributed by atoms with Crippen molar-refractivity contribution in [3.63, 3.8) is 0 Å². The van der Waals surface area contributed by atoms with Gasteiger partial charge in [0.15, 0.2) is 0 Å². The van der Waals surface area contributed by atoms with Crippen LogP contribution in [0.3, 0.4) is 0 Å². The summed E-state index contributed by atoms with van der Waals surface area (Å²) in [5.41, 5.74) is 14.8. The van der Waals surface area contributed by atoms with E-state index < -0.39 is 0 Å². The normalized spacial score (nSPS) is 28.5. The number of hydrogen-bond acceptors (Lipinski definition) is 0. The molecule has 0 aliphatic heterocycles. The minimum atomic E-state index is 0.558. The van der Waals surface area contributed by atoms with E-state index in [1.807, 2.05) is 0 Å². The second-order valence-electron chi connectivity index (χ2n) is 8.59. The maximum absolute atomic E-state index is 4.48. The van der Waals surface area contributed by atoms with E-state index in [4.69, 9.17) is 0 Å². The molecule has 2 aromatic carbocycles. The zero-order chi connectivity index (χ0) is 16.1. The minimum Gasteiger partial charge on any atom is -0.0952 e. The molecule has 6 rings (SSSR count). The summed E-state index contributed by atoms with van der Waals surface area (Å²) in [5.74, 6) is 0.982. The Morgan fingerprint density at radius 3 is 2.75 bits per heavy atom. The maximum Gasteiger partial charge on any atom is -0.000981 e. The van der Waals surface area contributed by atoms with Crippen LogP contribution in [-0.4, -0.2) is 0 Å². The molecule has 0 heteroatoms. The molecule has 4 aliphatic rings. The summed E-state index contributed by atoms with van der Waals surface area (Å²) in [6.45, 7) is 6.91. The fourth-order valence-electron chi connectivity index (χ4n) is 6.49. The third-order valence-corrected chi connectivity index (χ3v) is 7.57. The van der Waals surface area contributed by atoms with Crippen molar-refractivity contribution in [1.82, 2.24) is 0 Å². The fraction of sp³-hybridized carbons (Fsp3) is 0.417. The minimum absolute atomic E-state index is 0.558. The van der Waals surface area contributed by atoms with Gasteiger partial charge in [0.1, 0.15) is 0 Å². The largest absolute Gasteiger partial charge is 0.0952 e. The quantitative estimate of drug-likeness (QED) is 0.519. The summed E-state index contributed by atoms with van der Waals surface area (Å²) < 4.78 is 0. The van der Waals surface area contributed by atoms with Crippen molar-refractivity contribution in [1.29, 1.82) is 0 Å². The highest BCUT2D eigenvalue weighted by Gasteiger charge is 2.59. The topological polar surface area (TPSA) is 0 Å². The molecule has 2 saturated carbocycles. The second kappa shape index (κ2) is 4.23. The molecule has 2 unspecified atom stereocenters. The SMILES string of the molecule is C=C1CCc2c1c1c(c(C)c2C23CCCC2C3)Cc2ccccc2-1. The smallest absolute Gasteiger partial charge is 0.000981 e. The molecular weight excluding hydrogens is 288 g/mol. The average molecular weight is 312 g/mol. The van der Waals surface area contributed by atoms with Crippen molar-refractivity contribution in [2.24, 2.45) is 5.92 Å². The van der Waals surface area contributed by atoms with Gasteiger partial charge in [-0.2, -0.15) is 0 Å². The van der Waals surface area contributed by atoms with Gasteiger partial charge in [0.25, 0.3) is 0 Å². The van der Waals surface area contributed by atoms with Gasteiger partial charge in [-0.25, -0.2) is 0 Å². The lowest BCUT2D eigenvalue weighted by molar-refractivity contribution is 0.644. The Hall–Kier alpha value is -1.82. The standard InChI is InChI=1S/C24H24/c1-14-9-10-19-21(14)22-18-8-4-3-6-16(18)12-20(22)15(2)23(19)24-11-5-7-17(24)13-24/h3-4,6,8,17H,1,5,7,9-13H2,2H3. The lowest BCUT2D eigenvalue weighted by Gasteiger charge is -2.24. The lowest BCUT2D eigenvalue weighted by Crippen LogP contribution is -2.14. The Bertz CT molecular complexity index is 930. The summed E-state index contributed by atoms with van der Waals surface area (Å²) in [6, 6.07) is 9.06. The highest BCUT2D eigenvalue weighted by Crippen LogP contribution is 2.67. The van der Waals surface area contributed by atoms with Gasteiger partial charge in [-0.3, -0.25) is 0 Å². The van der Waals surface area contributed by atoms with Crippen LogP contribution in [0.4, 0.5) is 0 Å². The summed E-state index contributed by atoms with van der Waals surface area (Å²) >= 11 is 0. The number of hydrogen-bond donors (Lipinski definition) is 0. The molecule has 24 heavy (non-hydrogen) atoms. The lowest BCUT2D eigenvalue weighted by atomic mass is 9.79. The highest BCUT2D eigenvalue weighted by atomic mass is 14.6. The summed E-state index contributed by atoms with van der Waals surface area (Å²) in [7, 11) is 0. The van der Waals surface area contributed by atoms with Crippen LogP contribution in [0.25, 0.3) is 16.7 Å². The van der Waals surface area contributed by atoms with Crippen molar-refractivity contribution >= 4 is 5.57 Å². The molecular formula is C24H24. The van der Waals surface area contributed by atoms with Crippen LogP contribution < -0.4 is 0 Å². The van der Waals surface area contributed by atoms with Gasteiger partial charge in [-0.05, 0) is 107 Å². The molecule has 0 amide bonds. The van der Waals surface area contributed by atoms with E-state index in [0.717, 1.165) is 12.3 Å². The Kier molecular flexibility index (Phi) is 2.37. The van der Waals surface area contributed by atoms with Gasteiger partial charge >= 0.3 is 0 Å². The van der Waals surface area contributed by atoms with E-state index in [0.29, 0.717) is 5.41 Å². The molecule has 2 aromatic rings. The van der Waals surface area contributed by atoms with Gasteiger partial charge in [-0.1, -0.05) is 37.3 Å². The number of allylic oxidation sites excluding steroid dienone is 1. The fourth-order valence-corrected chi connectivity index (χ4v) is 6.49. The Morgan fingerprint density at radius 1 is 1.08 bits per heavy atom. The molecule has 0 nitrogen and oxygen atoms in total. The predicted molar refractivity (Wildman–Crippen MR) is 100 cm³/mol. The van der Waals surface area contributed by atoms with Crippen LogP contribution in [-0.2, 0) is 18.3 Å². The van der Waals surface area contributed by atoms with Crippen LogP contribution in [0, 0.1) is 12.8 Å². The van der Waals surface area contributed by atoms with E-state index in [2.05, 4.69) is 37.8 Å². The molecule has 0 N–H and O–H groups in total. The van der Waals surface area contributed by atoms with Crippen molar-refractivity contribution in [3.05, 3.63) is 64.2 Å². The van der Waals surface area contributed by atoms with E-state index in [9.17, 15) is 0 Å². The number of rotatable bonds is 1. The van der Waals surface area contributed by atoms with Crippen LogP contribution in [0.2, 0.25) is 0 Å².